The third kappa shape index (κ3) is 21.7. The fraction of sp³-hybridized carbons (Fsp3) is 0.500. The number of esters is 4. The van der Waals surface area contributed by atoms with E-state index >= 15 is 0 Å². The van der Waals surface area contributed by atoms with Gasteiger partial charge in [-0.2, -0.15) is 0 Å². The molecule has 0 saturated heterocycles. The lowest BCUT2D eigenvalue weighted by atomic mass is 10.3. The second-order valence-electron chi connectivity index (χ2n) is 4.62. The Morgan fingerprint density at radius 3 is 0.833 bits per heavy atom. The number of carbonyl (C=O) groups excluding carboxylic acids is 4. The lowest BCUT2D eigenvalue weighted by Crippen LogP contribution is -2.09. The lowest BCUT2D eigenvalue weighted by molar-refractivity contribution is -0.143. The highest BCUT2D eigenvalue weighted by Crippen LogP contribution is 1.94. The molecule has 0 aromatic heterocycles. The van der Waals surface area contributed by atoms with Crippen molar-refractivity contribution in [2.24, 2.45) is 0 Å². The fourth-order valence-electron chi connectivity index (χ4n) is 0.898. The average Bonchev–Trinajstić information content (AvgIpc) is 2.47. The maximum Gasteiger partial charge on any atom is 0.302 e. The molecule has 0 fully saturated rings. The number of hydrogen-bond donors (Lipinski definition) is 0. The minimum atomic E-state index is -0.376. The van der Waals surface area contributed by atoms with Crippen molar-refractivity contribution in [2.75, 3.05) is 26.4 Å². The van der Waals surface area contributed by atoms with E-state index in [-0.39, 0.29) is 50.3 Å². The molecule has 0 rings (SSSR count). The first-order valence-electron chi connectivity index (χ1n) is 6.91. The van der Waals surface area contributed by atoms with Gasteiger partial charge in [0, 0.05) is 27.7 Å². The van der Waals surface area contributed by atoms with E-state index in [2.05, 4.69) is 32.1 Å². The zero-order valence-electron chi connectivity index (χ0n) is 14.5. The molecular formula is C16H24O8. The highest BCUT2D eigenvalue weighted by Gasteiger charge is 2.00. The molecule has 0 saturated carbocycles. The van der Waals surface area contributed by atoms with E-state index < -0.39 is 0 Å². The van der Waals surface area contributed by atoms with E-state index in [1.165, 1.54) is 27.7 Å². The van der Waals surface area contributed by atoms with Crippen molar-refractivity contribution in [3.63, 3.8) is 0 Å². The van der Waals surface area contributed by atoms with Crippen molar-refractivity contribution in [1.29, 1.82) is 0 Å². The summed E-state index contributed by atoms with van der Waals surface area (Å²) in [7, 11) is 0. The molecule has 0 bridgehead atoms. The van der Waals surface area contributed by atoms with Crippen LogP contribution in [0.1, 0.15) is 27.7 Å². The lowest BCUT2D eigenvalue weighted by Gasteiger charge is -2.05. The molecule has 0 radical (unpaired) electrons. The number of hydrogen-bond acceptors (Lipinski definition) is 8. The summed E-state index contributed by atoms with van der Waals surface area (Å²) in [6.45, 7) is 12.7. The van der Waals surface area contributed by atoms with E-state index in [9.17, 15) is 19.2 Å². The van der Waals surface area contributed by atoms with Gasteiger partial charge in [-0.15, -0.1) is 0 Å². The Kier molecular flexibility index (Phi) is 13.8. The van der Waals surface area contributed by atoms with Gasteiger partial charge >= 0.3 is 23.9 Å². The van der Waals surface area contributed by atoms with Crippen LogP contribution in [-0.2, 0) is 38.1 Å². The van der Waals surface area contributed by atoms with Gasteiger partial charge in [0.2, 0.25) is 0 Å². The first kappa shape index (κ1) is 23.6. The van der Waals surface area contributed by atoms with Crippen LogP contribution in [-0.4, -0.2) is 50.3 Å². The van der Waals surface area contributed by atoms with Gasteiger partial charge in [0.15, 0.2) is 0 Å². The molecular weight excluding hydrogens is 320 g/mol. The molecule has 0 aliphatic heterocycles. The van der Waals surface area contributed by atoms with Crippen molar-refractivity contribution in [3.8, 4) is 0 Å². The molecule has 8 heteroatoms. The van der Waals surface area contributed by atoms with Gasteiger partial charge in [-0.25, -0.2) is 0 Å². The van der Waals surface area contributed by atoms with E-state index in [0.29, 0.717) is 11.1 Å². The Morgan fingerprint density at radius 2 is 0.708 bits per heavy atom. The van der Waals surface area contributed by atoms with Gasteiger partial charge in [0.05, 0.1) is 0 Å². The van der Waals surface area contributed by atoms with Gasteiger partial charge in [-0.05, 0) is 11.1 Å². The zero-order valence-corrected chi connectivity index (χ0v) is 14.5. The predicted octanol–water partition coefficient (Wildman–Crippen LogP) is 1.34. The molecule has 0 heterocycles. The first-order chi connectivity index (χ1) is 11.0. The number of ether oxygens (including phenoxy) is 4. The predicted molar refractivity (Wildman–Crippen MR) is 84.8 cm³/mol. The van der Waals surface area contributed by atoms with Crippen LogP contribution in [0.2, 0.25) is 0 Å². The Balaban J connectivity index is 0. The normalized spacial score (nSPS) is 8.83. The van der Waals surface area contributed by atoms with Crippen LogP contribution >= 0.6 is 0 Å². The highest BCUT2D eigenvalue weighted by molar-refractivity contribution is 5.67. The second-order valence-corrected chi connectivity index (χ2v) is 4.62. The van der Waals surface area contributed by atoms with Crippen LogP contribution in [0.4, 0.5) is 0 Å². The van der Waals surface area contributed by atoms with E-state index in [4.69, 9.17) is 0 Å². The highest BCUT2D eigenvalue weighted by atomic mass is 16.6. The summed E-state index contributed by atoms with van der Waals surface area (Å²) in [4.78, 5) is 41.3. The summed E-state index contributed by atoms with van der Waals surface area (Å²) in [6.07, 6.45) is 0. The molecule has 0 unspecified atom stereocenters. The third-order valence-electron chi connectivity index (χ3n) is 1.92. The van der Waals surface area contributed by atoms with Crippen molar-refractivity contribution < 1.29 is 38.1 Å². The largest absolute Gasteiger partial charge is 0.461 e. The van der Waals surface area contributed by atoms with Gasteiger partial charge in [-0.3, -0.25) is 19.2 Å². The Labute approximate surface area is 141 Å². The van der Waals surface area contributed by atoms with Crippen LogP contribution in [0.3, 0.4) is 0 Å². The first-order valence-corrected chi connectivity index (χ1v) is 6.91. The van der Waals surface area contributed by atoms with Gasteiger partial charge in [0.1, 0.15) is 26.4 Å². The van der Waals surface area contributed by atoms with Crippen LogP contribution in [0.5, 0.6) is 0 Å². The van der Waals surface area contributed by atoms with Crippen LogP contribution in [0.25, 0.3) is 0 Å². The maximum absolute atomic E-state index is 10.3. The van der Waals surface area contributed by atoms with Crippen molar-refractivity contribution in [3.05, 3.63) is 24.3 Å². The Hall–Kier alpha value is -2.64. The number of rotatable bonds is 8. The molecule has 0 aliphatic rings. The van der Waals surface area contributed by atoms with Gasteiger partial charge in [0.25, 0.3) is 0 Å². The minimum absolute atomic E-state index is 0.0998. The minimum Gasteiger partial charge on any atom is -0.461 e. The third-order valence-corrected chi connectivity index (χ3v) is 1.92. The SMILES string of the molecule is C=C(COC(C)=O)COC(C)=O.C=C(COC(C)=O)COC(C)=O. The smallest absolute Gasteiger partial charge is 0.302 e. The molecule has 0 aromatic rings. The van der Waals surface area contributed by atoms with E-state index in [1.54, 1.807) is 0 Å². The standard InChI is InChI=1S/2C8H12O4/c2*1-6(4-11-7(2)9)5-12-8(3)10/h2*1,4-5H2,2-3H3. The summed E-state index contributed by atoms with van der Waals surface area (Å²) in [5, 5.41) is 0. The monoisotopic (exact) mass is 344 g/mol. The average molecular weight is 344 g/mol. The van der Waals surface area contributed by atoms with Crippen molar-refractivity contribution in [1.82, 2.24) is 0 Å². The van der Waals surface area contributed by atoms with E-state index in [0.717, 1.165) is 0 Å². The van der Waals surface area contributed by atoms with Crippen molar-refractivity contribution >= 4 is 23.9 Å². The Morgan fingerprint density at radius 1 is 0.542 bits per heavy atom. The van der Waals surface area contributed by atoms with E-state index in [1.807, 2.05) is 0 Å². The summed E-state index contributed by atoms with van der Waals surface area (Å²) < 4.78 is 18.4. The molecule has 0 amide bonds. The van der Waals surface area contributed by atoms with Crippen molar-refractivity contribution in [2.45, 2.75) is 27.7 Å². The maximum atomic E-state index is 10.3. The topological polar surface area (TPSA) is 105 Å². The molecule has 8 nitrogen and oxygen atoms in total. The summed E-state index contributed by atoms with van der Waals surface area (Å²) in [5.41, 5.74) is 1.11. The molecule has 24 heavy (non-hydrogen) atoms. The quantitative estimate of drug-likeness (QED) is 0.369. The fourth-order valence-corrected chi connectivity index (χ4v) is 0.898. The van der Waals surface area contributed by atoms with Gasteiger partial charge < -0.3 is 18.9 Å². The zero-order chi connectivity index (χ0) is 19.1. The molecule has 0 aliphatic carbocycles. The molecule has 0 atom stereocenters. The molecule has 0 aromatic carbocycles. The number of carbonyl (C=O) groups is 4. The summed E-state index contributed by atoms with van der Waals surface area (Å²) in [5.74, 6) is -1.50. The molecule has 136 valence electrons. The van der Waals surface area contributed by atoms with Crippen LogP contribution in [0, 0.1) is 0 Å². The summed E-state index contributed by atoms with van der Waals surface area (Å²) >= 11 is 0. The Bertz CT molecular complexity index is 394. The molecule has 0 spiro atoms. The van der Waals surface area contributed by atoms with Crippen LogP contribution in [0.15, 0.2) is 24.3 Å². The second kappa shape index (κ2) is 14.0. The van der Waals surface area contributed by atoms with Gasteiger partial charge in [-0.1, -0.05) is 13.2 Å². The van der Waals surface area contributed by atoms with Crippen LogP contribution < -0.4 is 0 Å². The molecule has 0 N–H and O–H groups in total. The summed E-state index contributed by atoms with van der Waals surface area (Å²) in [6, 6.07) is 0.